The summed E-state index contributed by atoms with van der Waals surface area (Å²) in [7, 11) is 1.76. The van der Waals surface area contributed by atoms with Gasteiger partial charge in [-0.05, 0) is 19.9 Å². The van der Waals surface area contributed by atoms with Crippen molar-refractivity contribution in [2.24, 2.45) is 7.05 Å². The van der Waals surface area contributed by atoms with Gasteiger partial charge in [-0.1, -0.05) is 0 Å². The molecule has 0 aliphatic heterocycles. The fourth-order valence-electron chi connectivity index (χ4n) is 2.60. The quantitative estimate of drug-likeness (QED) is 0.564. The number of non-ortho nitro benzene ring substituents is 1. The lowest BCUT2D eigenvalue weighted by Gasteiger charge is -2.06. The van der Waals surface area contributed by atoms with Crippen molar-refractivity contribution in [1.82, 2.24) is 14.3 Å². The van der Waals surface area contributed by atoms with Gasteiger partial charge in [-0.25, -0.2) is 4.79 Å². The van der Waals surface area contributed by atoms with Gasteiger partial charge in [-0.15, -0.1) is 0 Å². The van der Waals surface area contributed by atoms with Crippen molar-refractivity contribution in [2.45, 2.75) is 20.4 Å². The number of carbonyl (C=O) groups is 1. The molecule has 0 radical (unpaired) electrons. The Morgan fingerprint density at radius 3 is 2.72 bits per heavy atom. The predicted molar refractivity (Wildman–Crippen MR) is 88.4 cm³/mol. The van der Waals surface area contributed by atoms with Gasteiger partial charge in [-0.3, -0.25) is 24.2 Å². The number of hydrogen-bond acceptors (Lipinski definition) is 6. The van der Waals surface area contributed by atoms with Crippen molar-refractivity contribution in [3.63, 3.8) is 0 Å². The van der Waals surface area contributed by atoms with Crippen LogP contribution in [0.15, 0.2) is 27.4 Å². The maximum absolute atomic E-state index is 12.3. The summed E-state index contributed by atoms with van der Waals surface area (Å²) in [4.78, 5) is 34.5. The molecule has 0 saturated carbocycles. The summed E-state index contributed by atoms with van der Waals surface area (Å²) >= 11 is 0. The van der Waals surface area contributed by atoms with E-state index in [1.165, 1.54) is 12.1 Å². The molecule has 3 rings (SSSR count). The second-order valence-corrected chi connectivity index (χ2v) is 5.58. The molecule has 10 heteroatoms. The summed E-state index contributed by atoms with van der Waals surface area (Å²) in [5, 5.41) is 17.7. The molecule has 0 bridgehead atoms. The molecule has 3 aromatic rings. The fourth-order valence-corrected chi connectivity index (χ4v) is 2.60. The molecular weight excluding hydrogens is 330 g/mol. The number of fused-ring (bicyclic) bond motifs is 1. The van der Waals surface area contributed by atoms with Gasteiger partial charge in [0.15, 0.2) is 5.58 Å². The van der Waals surface area contributed by atoms with E-state index in [0.717, 1.165) is 16.3 Å². The molecule has 0 unspecified atom stereocenters. The Labute approximate surface area is 140 Å². The molecule has 0 aliphatic rings. The zero-order chi connectivity index (χ0) is 18.3. The smallest absolute Gasteiger partial charge is 0.407 e. The van der Waals surface area contributed by atoms with Crippen molar-refractivity contribution in [1.29, 1.82) is 0 Å². The highest BCUT2D eigenvalue weighted by atomic mass is 16.6. The van der Waals surface area contributed by atoms with E-state index >= 15 is 0 Å². The molecule has 10 nitrogen and oxygen atoms in total. The van der Waals surface area contributed by atoms with E-state index in [9.17, 15) is 19.7 Å². The van der Waals surface area contributed by atoms with Crippen molar-refractivity contribution in [3.8, 4) is 0 Å². The summed E-state index contributed by atoms with van der Waals surface area (Å²) in [5.74, 6) is -1.19. The van der Waals surface area contributed by atoms with Gasteiger partial charge in [0.1, 0.15) is 6.54 Å². The SMILES string of the molecule is Cc1nn(C)c(C)c1NC(=O)Cn1c(=O)oc2cc([N+](=O)[O-])ccc21. The first-order chi connectivity index (χ1) is 11.8. The van der Waals surface area contributed by atoms with Crippen LogP contribution < -0.4 is 11.1 Å². The number of nitrogens with zero attached hydrogens (tertiary/aromatic N) is 4. The molecule has 0 spiro atoms. The first-order valence-electron chi connectivity index (χ1n) is 7.35. The minimum absolute atomic E-state index is 0.0562. The topological polar surface area (TPSA) is 125 Å². The van der Waals surface area contributed by atoms with Crippen molar-refractivity contribution >= 4 is 28.4 Å². The maximum atomic E-state index is 12.3. The number of aryl methyl sites for hydroxylation is 2. The van der Waals surface area contributed by atoms with Crippen LogP contribution in [-0.4, -0.2) is 25.2 Å². The Morgan fingerprint density at radius 1 is 1.40 bits per heavy atom. The molecule has 2 aromatic heterocycles. The van der Waals surface area contributed by atoms with E-state index in [1.807, 2.05) is 6.92 Å². The lowest BCUT2D eigenvalue weighted by Crippen LogP contribution is -2.25. The number of oxazole rings is 1. The van der Waals surface area contributed by atoms with Crippen LogP contribution in [0, 0.1) is 24.0 Å². The number of nitro benzene ring substituents is 1. The van der Waals surface area contributed by atoms with E-state index in [4.69, 9.17) is 4.42 Å². The van der Waals surface area contributed by atoms with E-state index in [-0.39, 0.29) is 17.8 Å². The van der Waals surface area contributed by atoms with Gasteiger partial charge in [0, 0.05) is 13.1 Å². The van der Waals surface area contributed by atoms with E-state index in [1.54, 1.807) is 18.7 Å². The summed E-state index contributed by atoms with van der Waals surface area (Å²) in [6.45, 7) is 3.30. The molecule has 0 atom stereocenters. The number of amides is 1. The Balaban J connectivity index is 1.90. The second-order valence-electron chi connectivity index (χ2n) is 5.58. The average molecular weight is 345 g/mol. The molecule has 130 valence electrons. The van der Waals surface area contributed by atoms with Gasteiger partial charge >= 0.3 is 5.76 Å². The molecule has 25 heavy (non-hydrogen) atoms. The number of nitro groups is 1. The molecular formula is C15H15N5O5. The Hall–Kier alpha value is -3.43. The largest absolute Gasteiger partial charge is 0.420 e. The molecule has 2 heterocycles. The van der Waals surface area contributed by atoms with Gasteiger partial charge < -0.3 is 9.73 Å². The van der Waals surface area contributed by atoms with Gasteiger partial charge in [0.25, 0.3) is 5.69 Å². The Kier molecular flexibility index (Phi) is 3.87. The first-order valence-corrected chi connectivity index (χ1v) is 7.35. The van der Waals surface area contributed by atoms with Crippen molar-refractivity contribution in [2.75, 3.05) is 5.32 Å². The second kappa shape index (κ2) is 5.89. The van der Waals surface area contributed by atoms with Crippen LogP contribution in [0.25, 0.3) is 11.1 Å². The molecule has 0 aliphatic carbocycles. The lowest BCUT2D eigenvalue weighted by atomic mass is 10.3. The van der Waals surface area contributed by atoms with Crippen LogP contribution >= 0.6 is 0 Å². The zero-order valence-electron chi connectivity index (χ0n) is 13.8. The third-order valence-electron chi connectivity index (χ3n) is 3.94. The fraction of sp³-hybridized carbons (Fsp3) is 0.267. The van der Waals surface area contributed by atoms with Gasteiger partial charge in [0.2, 0.25) is 5.91 Å². The molecule has 1 N–H and O–H groups in total. The minimum Gasteiger partial charge on any atom is -0.407 e. The number of nitrogens with one attached hydrogen (secondary N) is 1. The predicted octanol–water partition coefficient (Wildman–Crippen LogP) is 1.49. The average Bonchev–Trinajstić information content (AvgIpc) is 2.98. The van der Waals surface area contributed by atoms with Crippen LogP contribution in [0.5, 0.6) is 0 Å². The van der Waals surface area contributed by atoms with Crippen LogP contribution in [0.3, 0.4) is 0 Å². The number of hydrogen-bond donors (Lipinski definition) is 1. The van der Waals surface area contributed by atoms with Crippen molar-refractivity contribution in [3.05, 3.63) is 50.3 Å². The highest BCUT2D eigenvalue weighted by Crippen LogP contribution is 2.21. The Morgan fingerprint density at radius 2 is 2.12 bits per heavy atom. The minimum atomic E-state index is -0.759. The highest BCUT2D eigenvalue weighted by Gasteiger charge is 2.18. The van der Waals surface area contributed by atoms with Gasteiger partial charge in [0.05, 0.1) is 33.6 Å². The summed E-state index contributed by atoms with van der Waals surface area (Å²) in [5.41, 5.74) is 2.20. The number of anilines is 1. The molecule has 0 fully saturated rings. The standard InChI is InChI=1S/C15H15N5O5/c1-8-14(9(2)18(3)17-8)16-13(21)7-19-11-5-4-10(20(23)24)6-12(11)25-15(19)22/h4-6H,7H2,1-3H3,(H,16,21). The third kappa shape index (κ3) is 2.89. The third-order valence-corrected chi connectivity index (χ3v) is 3.94. The number of rotatable bonds is 4. The summed E-state index contributed by atoms with van der Waals surface area (Å²) in [6.07, 6.45) is 0. The molecule has 1 amide bonds. The summed E-state index contributed by atoms with van der Waals surface area (Å²) < 4.78 is 7.76. The summed E-state index contributed by atoms with van der Waals surface area (Å²) in [6, 6.07) is 3.79. The van der Waals surface area contributed by atoms with E-state index in [0.29, 0.717) is 16.9 Å². The zero-order valence-corrected chi connectivity index (χ0v) is 13.8. The Bertz CT molecular complexity index is 1060. The van der Waals surface area contributed by atoms with Crippen LogP contribution in [0.4, 0.5) is 11.4 Å². The normalized spacial score (nSPS) is 11.0. The van der Waals surface area contributed by atoms with E-state index in [2.05, 4.69) is 10.4 Å². The number of carbonyl (C=O) groups excluding carboxylic acids is 1. The van der Waals surface area contributed by atoms with Crippen molar-refractivity contribution < 1.29 is 14.1 Å². The maximum Gasteiger partial charge on any atom is 0.420 e. The van der Waals surface area contributed by atoms with Crippen LogP contribution in [-0.2, 0) is 18.4 Å². The van der Waals surface area contributed by atoms with E-state index < -0.39 is 16.6 Å². The molecule has 0 saturated heterocycles. The highest BCUT2D eigenvalue weighted by molar-refractivity contribution is 5.92. The van der Waals surface area contributed by atoms with Crippen LogP contribution in [0.2, 0.25) is 0 Å². The first kappa shape index (κ1) is 16.4. The monoisotopic (exact) mass is 345 g/mol. The molecule has 1 aromatic carbocycles. The van der Waals surface area contributed by atoms with Gasteiger partial charge in [-0.2, -0.15) is 5.10 Å². The number of aromatic nitrogens is 3. The van der Waals surface area contributed by atoms with Crippen LogP contribution in [0.1, 0.15) is 11.4 Å². The number of benzene rings is 1. The lowest BCUT2D eigenvalue weighted by molar-refractivity contribution is -0.384.